The molecule has 0 spiro atoms. The molecule has 0 aliphatic heterocycles. The molecule has 2 nitrogen and oxygen atoms in total. The fraction of sp³-hybridized carbons (Fsp3) is 0.294. The zero-order chi connectivity index (χ0) is 14.5. The molecular weight excluding hydrogens is 268 g/mol. The molecule has 0 bridgehead atoms. The minimum absolute atomic E-state index is 0.113. The minimum Gasteiger partial charge on any atom is -0.340 e. The molecule has 106 valence electrons. The van der Waals surface area contributed by atoms with E-state index in [0.29, 0.717) is 0 Å². The average molecular weight is 289 g/mol. The summed E-state index contributed by atoms with van der Waals surface area (Å²) in [5.74, 6) is 0. The Morgan fingerprint density at radius 2 is 1.80 bits per heavy atom. The number of hydrogen-bond acceptors (Lipinski definition) is 2. The predicted molar refractivity (Wildman–Crippen MR) is 87.9 cm³/mol. The summed E-state index contributed by atoms with van der Waals surface area (Å²) in [5.41, 5.74) is 9.37. The maximum atomic E-state index is 6.45. The van der Waals surface area contributed by atoms with Gasteiger partial charge in [-0.1, -0.05) is 41.9 Å². The van der Waals surface area contributed by atoms with E-state index in [2.05, 4.69) is 30.0 Å². The summed E-state index contributed by atoms with van der Waals surface area (Å²) in [5, 5.41) is 0.772. The van der Waals surface area contributed by atoms with Gasteiger partial charge >= 0.3 is 0 Å². The van der Waals surface area contributed by atoms with Crippen LogP contribution in [-0.2, 0) is 6.42 Å². The maximum Gasteiger partial charge on any atom is 0.0645 e. The molecule has 0 saturated heterocycles. The molecule has 1 unspecified atom stereocenters. The summed E-state index contributed by atoms with van der Waals surface area (Å²) in [4.78, 5) is 2.24. The zero-order valence-electron chi connectivity index (χ0n) is 12.0. The van der Waals surface area contributed by atoms with E-state index >= 15 is 0 Å². The van der Waals surface area contributed by atoms with Crippen LogP contribution in [0.3, 0.4) is 0 Å². The first-order valence-corrected chi connectivity index (χ1v) is 7.36. The summed E-state index contributed by atoms with van der Waals surface area (Å²) in [7, 11) is 0. The summed E-state index contributed by atoms with van der Waals surface area (Å²) in [6, 6.07) is 16.4. The standard InChI is InChI=1S/C17H21ClN2/c1-3-20(15-9-5-4-6-10-15)17-14(12-13(2)19)8-7-11-16(17)18/h4-11,13H,3,12,19H2,1-2H3. The van der Waals surface area contributed by atoms with Crippen molar-refractivity contribution in [3.05, 3.63) is 59.1 Å². The smallest absolute Gasteiger partial charge is 0.0645 e. The molecule has 20 heavy (non-hydrogen) atoms. The van der Waals surface area contributed by atoms with Crippen molar-refractivity contribution in [1.82, 2.24) is 0 Å². The average Bonchev–Trinajstić information content (AvgIpc) is 2.43. The van der Waals surface area contributed by atoms with E-state index < -0.39 is 0 Å². The third-order valence-electron chi connectivity index (χ3n) is 3.27. The first-order chi connectivity index (χ1) is 9.63. The molecule has 0 amide bonds. The molecule has 0 aromatic heterocycles. The molecule has 0 radical (unpaired) electrons. The quantitative estimate of drug-likeness (QED) is 0.884. The summed E-state index contributed by atoms with van der Waals surface area (Å²) in [6.07, 6.45) is 0.819. The lowest BCUT2D eigenvalue weighted by atomic mass is 10.0. The van der Waals surface area contributed by atoms with E-state index in [1.165, 1.54) is 5.56 Å². The number of para-hydroxylation sites is 2. The van der Waals surface area contributed by atoms with Gasteiger partial charge in [-0.25, -0.2) is 0 Å². The summed E-state index contributed by atoms with van der Waals surface area (Å²) >= 11 is 6.45. The highest BCUT2D eigenvalue weighted by Crippen LogP contribution is 2.35. The van der Waals surface area contributed by atoms with E-state index in [0.717, 1.165) is 29.4 Å². The van der Waals surface area contributed by atoms with Crippen LogP contribution >= 0.6 is 11.6 Å². The molecule has 2 N–H and O–H groups in total. The lowest BCUT2D eigenvalue weighted by Gasteiger charge is -2.27. The molecule has 0 saturated carbocycles. The van der Waals surface area contributed by atoms with Crippen molar-refractivity contribution in [2.75, 3.05) is 11.4 Å². The van der Waals surface area contributed by atoms with E-state index in [-0.39, 0.29) is 6.04 Å². The van der Waals surface area contributed by atoms with E-state index in [4.69, 9.17) is 17.3 Å². The molecule has 0 heterocycles. The molecule has 3 heteroatoms. The minimum atomic E-state index is 0.113. The Morgan fingerprint density at radius 1 is 1.10 bits per heavy atom. The first kappa shape index (κ1) is 14.9. The molecule has 2 aromatic rings. The molecular formula is C17H21ClN2. The number of anilines is 2. The Kier molecular flexibility index (Phi) is 5.05. The molecule has 2 aromatic carbocycles. The largest absolute Gasteiger partial charge is 0.340 e. The van der Waals surface area contributed by atoms with Crippen LogP contribution in [0.5, 0.6) is 0 Å². The second kappa shape index (κ2) is 6.78. The fourth-order valence-electron chi connectivity index (χ4n) is 2.45. The monoisotopic (exact) mass is 288 g/mol. The Morgan fingerprint density at radius 3 is 2.40 bits per heavy atom. The van der Waals surface area contributed by atoms with Gasteiger partial charge in [-0.05, 0) is 44.0 Å². The molecule has 0 aliphatic rings. The van der Waals surface area contributed by atoms with Crippen LogP contribution in [0.4, 0.5) is 11.4 Å². The van der Waals surface area contributed by atoms with Crippen molar-refractivity contribution in [1.29, 1.82) is 0 Å². The van der Waals surface area contributed by atoms with Gasteiger partial charge < -0.3 is 10.6 Å². The van der Waals surface area contributed by atoms with Gasteiger partial charge in [0.05, 0.1) is 10.7 Å². The Bertz CT molecular complexity index is 552. The summed E-state index contributed by atoms with van der Waals surface area (Å²) in [6.45, 7) is 5.01. The fourth-order valence-corrected chi connectivity index (χ4v) is 2.75. The number of nitrogens with zero attached hydrogens (tertiary/aromatic N) is 1. The van der Waals surface area contributed by atoms with Crippen LogP contribution < -0.4 is 10.6 Å². The third-order valence-corrected chi connectivity index (χ3v) is 3.57. The number of halogens is 1. The van der Waals surface area contributed by atoms with Crippen molar-refractivity contribution in [3.8, 4) is 0 Å². The third kappa shape index (κ3) is 3.33. The lowest BCUT2D eigenvalue weighted by molar-refractivity contribution is 0.736. The number of hydrogen-bond donors (Lipinski definition) is 1. The highest BCUT2D eigenvalue weighted by atomic mass is 35.5. The van der Waals surface area contributed by atoms with Gasteiger partial charge in [0.25, 0.3) is 0 Å². The second-order valence-electron chi connectivity index (χ2n) is 5.01. The number of benzene rings is 2. The van der Waals surface area contributed by atoms with Crippen LogP contribution in [0.25, 0.3) is 0 Å². The van der Waals surface area contributed by atoms with E-state index in [1.807, 2.05) is 37.3 Å². The lowest BCUT2D eigenvalue weighted by Crippen LogP contribution is -2.22. The predicted octanol–water partition coefficient (Wildman–Crippen LogP) is 4.39. The van der Waals surface area contributed by atoms with Crippen molar-refractivity contribution >= 4 is 23.0 Å². The van der Waals surface area contributed by atoms with Gasteiger partial charge in [-0.15, -0.1) is 0 Å². The van der Waals surface area contributed by atoms with Crippen LogP contribution in [0.2, 0.25) is 5.02 Å². The van der Waals surface area contributed by atoms with Gasteiger partial charge in [0.1, 0.15) is 0 Å². The number of rotatable bonds is 5. The van der Waals surface area contributed by atoms with Crippen molar-refractivity contribution in [2.24, 2.45) is 5.73 Å². The highest BCUT2D eigenvalue weighted by Gasteiger charge is 2.16. The summed E-state index contributed by atoms with van der Waals surface area (Å²) < 4.78 is 0. The van der Waals surface area contributed by atoms with E-state index in [1.54, 1.807) is 0 Å². The zero-order valence-corrected chi connectivity index (χ0v) is 12.8. The Hall–Kier alpha value is -1.51. The van der Waals surface area contributed by atoms with Crippen LogP contribution in [0.1, 0.15) is 19.4 Å². The van der Waals surface area contributed by atoms with Crippen LogP contribution in [0, 0.1) is 0 Å². The van der Waals surface area contributed by atoms with Crippen molar-refractivity contribution in [3.63, 3.8) is 0 Å². The molecule has 0 aliphatic carbocycles. The normalized spacial score (nSPS) is 12.2. The number of nitrogens with two attached hydrogens (primary N) is 1. The van der Waals surface area contributed by atoms with E-state index in [9.17, 15) is 0 Å². The first-order valence-electron chi connectivity index (χ1n) is 6.99. The second-order valence-corrected chi connectivity index (χ2v) is 5.42. The maximum absolute atomic E-state index is 6.45. The SMILES string of the molecule is CCN(c1ccccc1)c1c(Cl)cccc1CC(C)N. The van der Waals surface area contributed by atoms with Gasteiger partial charge in [-0.3, -0.25) is 0 Å². The van der Waals surface area contributed by atoms with Crippen LogP contribution in [-0.4, -0.2) is 12.6 Å². The van der Waals surface area contributed by atoms with Gasteiger partial charge in [0, 0.05) is 18.3 Å². The Balaban J connectivity index is 2.48. The molecule has 2 rings (SSSR count). The molecule has 1 atom stereocenters. The molecule has 0 fully saturated rings. The van der Waals surface area contributed by atoms with Gasteiger partial charge in [0.2, 0.25) is 0 Å². The highest BCUT2D eigenvalue weighted by molar-refractivity contribution is 6.33. The van der Waals surface area contributed by atoms with Gasteiger partial charge in [-0.2, -0.15) is 0 Å². The van der Waals surface area contributed by atoms with Gasteiger partial charge in [0.15, 0.2) is 0 Å². The van der Waals surface area contributed by atoms with Crippen molar-refractivity contribution in [2.45, 2.75) is 26.3 Å². The topological polar surface area (TPSA) is 29.3 Å². The van der Waals surface area contributed by atoms with Crippen molar-refractivity contribution < 1.29 is 0 Å². The van der Waals surface area contributed by atoms with Crippen LogP contribution in [0.15, 0.2) is 48.5 Å². The Labute approximate surface area is 126 Å².